The molecule has 4 saturated heterocycles. The molecule has 4 aromatic rings. The van der Waals surface area contributed by atoms with Crippen molar-refractivity contribution in [3.8, 4) is 11.5 Å². The van der Waals surface area contributed by atoms with Crippen molar-refractivity contribution in [2.45, 2.75) is 157 Å². The standard InChI is InChI=1S/C52H62O12/c1-53-39-23-25-40(26-24-39)59-50-48(46(55-32-37-19-9-3-10-20-37)44-42(61-50)35-58-52(64-44)29-15-6-16-30-52)62-49-47(56-33-38-21-11-4-12-22-38)45(54-31-36-17-7-2-8-18-36)43-41(60-49)34-57-51(63-43)27-13-5-14-28-51/h2-4,7-12,17-26,41-50H,5-6,13-16,27-35H2,1H3/t41-,42-,43-,44-,45+,46+,47-,48-,49-,50-/m1/s1/i2D,3D,4D,7D,8D,9D,10D,11D,12D,17D,18D,19D,20D,21D,22D,31D2,32D2,33D2. The van der Waals surface area contributed by atoms with E-state index in [0.717, 1.165) is 12.8 Å². The van der Waals surface area contributed by atoms with Crippen molar-refractivity contribution in [3.63, 3.8) is 0 Å². The molecule has 6 aliphatic rings. The van der Waals surface area contributed by atoms with Crippen molar-refractivity contribution in [2.75, 3.05) is 20.3 Å². The van der Waals surface area contributed by atoms with Crippen LogP contribution in [0.25, 0.3) is 0 Å². The van der Waals surface area contributed by atoms with Gasteiger partial charge in [0.2, 0.25) is 6.29 Å². The Kier molecular flexibility index (Phi) is 8.20. The third kappa shape index (κ3) is 10.1. The van der Waals surface area contributed by atoms with Gasteiger partial charge in [-0.25, -0.2) is 0 Å². The van der Waals surface area contributed by atoms with Crippen LogP contribution in [0.4, 0.5) is 0 Å². The second-order valence-corrected chi connectivity index (χ2v) is 16.3. The number of hydrogen-bond donors (Lipinski definition) is 0. The van der Waals surface area contributed by atoms with E-state index < -0.39 is 200 Å². The molecule has 342 valence electrons. The van der Waals surface area contributed by atoms with Gasteiger partial charge in [-0.2, -0.15) is 0 Å². The molecule has 64 heavy (non-hydrogen) atoms. The molecule has 2 aliphatic carbocycles. The number of fused-ring (bicyclic) bond motifs is 2. The van der Waals surface area contributed by atoms with E-state index in [0.29, 0.717) is 44.3 Å². The van der Waals surface area contributed by atoms with Crippen LogP contribution in [-0.4, -0.2) is 93.3 Å². The second kappa shape index (κ2) is 20.3. The molecule has 0 N–H and O–H groups in total. The molecular weight excluding hydrogens is 817 g/mol. The highest BCUT2D eigenvalue weighted by Gasteiger charge is 2.60. The van der Waals surface area contributed by atoms with Gasteiger partial charge in [0.05, 0.1) is 68.8 Å². The van der Waals surface area contributed by atoms with Gasteiger partial charge in [0.25, 0.3) is 0 Å². The van der Waals surface area contributed by atoms with E-state index >= 15 is 0 Å². The Balaban J connectivity index is 1.18. The minimum atomic E-state index is -3.56. The zero-order chi connectivity index (χ0) is 61.6. The van der Waals surface area contributed by atoms with E-state index in [2.05, 4.69) is 0 Å². The highest BCUT2D eigenvalue weighted by Crippen LogP contribution is 2.46. The molecule has 0 unspecified atom stereocenters. The van der Waals surface area contributed by atoms with Gasteiger partial charge in [0, 0.05) is 25.7 Å². The Hall–Kier alpha value is -3.92. The highest BCUT2D eigenvalue weighted by molar-refractivity contribution is 5.31. The van der Waals surface area contributed by atoms with Gasteiger partial charge in [0.15, 0.2) is 24.0 Å². The van der Waals surface area contributed by atoms with Gasteiger partial charge in [0.1, 0.15) is 54.2 Å². The normalized spacial score (nSPS) is 37.4. The van der Waals surface area contributed by atoms with E-state index in [-0.39, 0.29) is 31.8 Å². The lowest BCUT2D eigenvalue weighted by molar-refractivity contribution is -0.429. The lowest BCUT2D eigenvalue weighted by atomic mass is 9.90. The Morgan fingerprint density at radius 3 is 1.42 bits per heavy atom. The Labute approximate surface area is 406 Å². The molecular formula is C52H62O12. The molecule has 4 aromatic carbocycles. The van der Waals surface area contributed by atoms with Crippen LogP contribution < -0.4 is 9.47 Å². The lowest BCUT2D eigenvalue weighted by Gasteiger charge is -2.55. The summed E-state index contributed by atoms with van der Waals surface area (Å²) in [6, 6.07) is -8.30. The zero-order valence-electron chi connectivity index (χ0n) is 56.0. The summed E-state index contributed by atoms with van der Waals surface area (Å²) in [5.74, 6) is -2.29. The van der Waals surface area contributed by atoms with Crippen molar-refractivity contribution < 1.29 is 85.6 Å². The van der Waals surface area contributed by atoms with Crippen molar-refractivity contribution >= 4 is 0 Å². The number of benzene rings is 4. The van der Waals surface area contributed by atoms with E-state index in [4.69, 9.17) is 77.4 Å². The predicted molar refractivity (Wildman–Crippen MR) is 234 cm³/mol. The van der Waals surface area contributed by atoms with Crippen LogP contribution in [0.15, 0.2) is 115 Å². The van der Waals surface area contributed by atoms with Crippen molar-refractivity contribution in [2.24, 2.45) is 0 Å². The lowest BCUT2D eigenvalue weighted by Crippen LogP contribution is -2.70. The maximum Gasteiger partial charge on any atom is 0.229 e. The minimum absolute atomic E-state index is 0.0569. The van der Waals surface area contributed by atoms with Crippen LogP contribution >= 0.6 is 0 Å². The van der Waals surface area contributed by atoms with Crippen LogP contribution in [0.5, 0.6) is 11.5 Å². The monoisotopic (exact) mass is 900 g/mol. The van der Waals surface area contributed by atoms with Crippen LogP contribution in [0.1, 0.15) is 110 Å². The molecule has 0 radical (unpaired) electrons. The first-order chi connectivity index (χ1) is 40.0. The maximum atomic E-state index is 9.58. The Morgan fingerprint density at radius 2 is 0.953 bits per heavy atom. The Bertz CT molecular complexity index is 3080. The summed E-state index contributed by atoms with van der Waals surface area (Å²) in [5, 5.41) is 0. The molecule has 2 spiro atoms. The summed E-state index contributed by atoms with van der Waals surface area (Å²) >= 11 is 0. The van der Waals surface area contributed by atoms with Crippen molar-refractivity contribution in [1.29, 1.82) is 0 Å². The van der Waals surface area contributed by atoms with E-state index in [1.54, 1.807) is 0 Å². The third-order valence-corrected chi connectivity index (χ3v) is 12.1. The predicted octanol–water partition coefficient (Wildman–Crippen LogP) is 8.82. The van der Waals surface area contributed by atoms with Gasteiger partial charge in [-0.15, -0.1) is 0 Å². The van der Waals surface area contributed by atoms with Crippen LogP contribution in [0.2, 0.25) is 0 Å². The zero-order valence-corrected chi connectivity index (χ0v) is 35.0. The molecule has 10 atom stereocenters. The molecule has 0 aromatic heterocycles. The molecule has 4 heterocycles. The summed E-state index contributed by atoms with van der Waals surface area (Å²) in [4.78, 5) is 0. The first kappa shape index (κ1) is 25.8. The molecule has 4 aliphatic heterocycles. The van der Waals surface area contributed by atoms with Gasteiger partial charge in [-0.3, -0.25) is 0 Å². The number of rotatable bonds is 14. The first-order valence-electron chi connectivity index (χ1n) is 32.1. The topological polar surface area (TPSA) is 111 Å². The summed E-state index contributed by atoms with van der Waals surface area (Å²) in [7, 11) is 1.43. The minimum Gasteiger partial charge on any atom is -0.497 e. The maximum absolute atomic E-state index is 9.58. The number of ether oxygens (including phenoxy) is 12. The van der Waals surface area contributed by atoms with E-state index in [1.165, 1.54) is 31.4 Å². The second-order valence-electron chi connectivity index (χ2n) is 16.3. The van der Waals surface area contributed by atoms with E-state index in [9.17, 15) is 8.22 Å². The molecule has 6 fully saturated rings. The summed E-state index contributed by atoms with van der Waals surface area (Å²) in [6.07, 6.45) is -13.1. The molecule has 12 heteroatoms. The van der Waals surface area contributed by atoms with Gasteiger partial charge >= 0.3 is 0 Å². The quantitative estimate of drug-likeness (QED) is 0.121. The fourth-order valence-electron chi connectivity index (χ4n) is 9.02. The SMILES string of the molecule is [2H]c1c([2H])c([2H])c(C([2H])([2H])O[C@@H]2[C@@H](O[C@H]3O[C@@H]4COC5(CCCCC5)O[C@H]4[C@H](OC([2H])([2H])c4c([2H])c([2H])c([2H])c([2H])c4[2H])[C@H]3OC([2H])([2H])c3c([2H])c([2H])c([2H])c([2H])c3[2H])[C@H](Oc3ccc(OC)cc3)O[C@@H]3COC4(CCCCC4)O[C@@H]23)c([2H])c1[2H]. The first-order valence-corrected chi connectivity index (χ1v) is 21.6. The third-order valence-electron chi connectivity index (χ3n) is 12.1. The number of hydrogen-bond acceptors (Lipinski definition) is 12. The van der Waals surface area contributed by atoms with Gasteiger partial charge in [-0.05, 0) is 66.6 Å². The highest BCUT2D eigenvalue weighted by atomic mass is 16.8. The van der Waals surface area contributed by atoms with Crippen LogP contribution in [0.3, 0.4) is 0 Å². The average Bonchev–Trinajstić information content (AvgIpc) is 0.944. The average molecular weight is 900 g/mol. The van der Waals surface area contributed by atoms with E-state index in [1.807, 2.05) is 0 Å². The molecule has 0 amide bonds. The molecule has 12 nitrogen and oxygen atoms in total. The summed E-state index contributed by atoms with van der Waals surface area (Å²) < 4.78 is 264. The van der Waals surface area contributed by atoms with Crippen molar-refractivity contribution in [1.82, 2.24) is 0 Å². The summed E-state index contributed by atoms with van der Waals surface area (Å²) in [6.45, 7) is -11.0. The van der Waals surface area contributed by atoms with Gasteiger partial charge < -0.3 is 56.8 Å². The Morgan fingerprint density at radius 1 is 0.531 bits per heavy atom. The van der Waals surface area contributed by atoms with Crippen molar-refractivity contribution in [3.05, 3.63) is 132 Å². The summed E-state index contributed by atoms with van der Waals surface area (Å²) in [5.41, 5.74) is -3.01. The van der Waals surface area contributed by atoms with Crippen LogP contribution in [0, 0.1) is 0 Å². The molecule has 10 rings (SSSR count). The largest absolute Gasteiger partial charge is 0.497 e. The fourth-order valence-corrected chi connectivity index (χ4v) is 9.02. The fraction of sp³-hybridized carbons (Fsp3) is 0.538. The number of methoxy groups -OCH3 is 1. The molecule has 0 bridgehead atoms. The van der Waals surface area contributed by atoms with Crippen LogP contribution in [-0.2, 0) is 67.0 Å². The van der Waals surface area contributed by atoms with Gasteiger partial charge in [-0.1, -0.05) is 103 Å². The molecule has 2 saturated carbocycles. The smallest absolute Gasteiger partial charge is 0.229 e.